The molecule has 1 aromatic carbocycles. The molecule has 3 amide bonds. The number of piperazine rings is 1. The normalized spacial score (nSPS) is 14.8. The Labute approximate surface area is 150 Å². The van der Waals surface area contributed by atoms with Crippen molar-refractivity contribution >= 4 is 11.9 Å². The average molecular weight is 347 g/mol. The second-order valence-electron chi connectivity index (χ2n) is 7.11. The number of benzene rings is 1. The van der Waals surface area contributed by atoms with Crippen molar-refractivity contribution in [2.75, 3.05) is 32.8 Å². The highest BCUT2D eigenvalue weighted by Crippen LogP contribution is 2.15. The first-order valence-corrected chi connectivity index (χ1v) is 8.94. The summed E-state index contributed by atoms with van der Waals surface area (Å²) in [5, 5.41) is 2.88. The fourth-order valence-electron chi connectivity index (χ4n) is 2.59. The summed E-state index contributed by atoms with van der Waals surface area (Å²) in [5.74, 6) is 1.24. The molecule has 138 valence electrons. The van der Waals surface area contributed by atoms with Gasteiger partial charge in [-0.2, -0.15) is 0 Å². The molecule has 25 heavy (non-hydrogen) atoms. The third kappa shape index (κ3) is 5.66. The van der Waals surface area contributed by atoms with Crippen molar-refractivity contribution in [1.29, 1.82) is 0 Å². The molecule has 0 spiro atoms. The number of hydrogen-bond acceptors (Lipinski definition) is 3. The van der Waals surface area contributed by atoms with Crippen LogP contribution in [-0.4, -0.2) is 60.6 Å². The Kier molecular flexibility index (Phi) is 6.67. The lowest BCUT2D eigenvalue weighted by molar-refractivity contribution is 0.0664. The highest BCUT2D eigenvalue weighted by molar-refractivity contribution is 5.94. The molecule has 0 bridgehead atoms. The minimum absolute atomic E-state index is 0.000623. The van der Waals surface area contributed by atoms with Gasteiger partial charge in [-0.05, 0) is 44.0 Å². The van der Waals surface area contributed by atoms with Crippen molar-refractivity contribution in [3.63, 3.8) is 0 Å². The molecule has 0 unspecified atom stereocenters. The van der Waals surface area contributed by atoms with E-state index in [9.17, 15) is 9.59 Å². The lowest BCUT2D eigenvalue weighted by Crippen LogP contribution is -2.54. The van der Waals surface area contributed by atoms with E-state index in [1.165, 1.54) is 0 Å². The number of urea groups is 1. The minimum Gasteiger partial charge on any atom is -0.493 e. The smallest absolute Gasteiger partial charge is 0.317 e. The average Bonchev–Trinajstić information content (AvgIpc) is 2.59. The molecule has 1 aliphatic rings. The van der Waals surface area contributed by atoms with Crippen LogP contribution in [0.3, 0.4) is 0 Å². The second-order valence-corrected chi connectivity index (χ2v) is 7.11. The lowest BCUT2D eigenvalue weighted by atomic mass is 10.1. The summed E-state index contributed by atoms with van der Waals surface area (Å²) in [5.41, 5.74) is 0.650. The van der Waals surface area contributed by atoms with E-state index in [0.717, 1.165) is 5.75 Å². The largest absolute Gasteiger partial charge is 0.493 e. The summed E-state index contributed by atoms with van der Waals surface area (Å²) >= 11 is 0. The maximum atomic E-state index is 12.6. The fraction of sp³-hybridized carbons (Fsp3) is 0.579. The van der Waals surface area contributed by atoms with E-state index < -0.39 is 0 Å². The molecule has 1 fully saturated rings. The standard InChI is InChI=1S/C19H29N3O3/c1-14(2)13-25-17-7-5-16(6-8-17)18(23)21-9-11-22(12-10-21)19(24)20-15(3)4/h5-8,14-15H,9-13H2,1-4H3,(H,20,24). The Morgan fingerprint density at radius 2 is 1.56 bits per heavy atom. The van der Waals surface area contributed by atoms with Gasteiger partial charge in [-0.3, -0.25) is 4.79 Å². The molecule has 1 heterocycles. The molecule has 6 nitrogen and oxygen atoms in total. The van der Waals surface area contributed by atoms with Crippen LogP contribution in [0, 0.1) is 5.92 Å². The van der Waals surface area contributed by atoms with Gasteiger partial charge < -0.3 is 19.9 Å². The van der Waals surface area contributed by atoms with Crippen molar-refractivity contribution in [3.8, 4) is 5.75 Å². The van der Waals surface area contributed by atoms with Crippen molar-refractivity contribution in [3.05, 3.63) is 29.8 Å². The topological polar surface area (TPSA) is 61.9 Å². The SMILES string of the molecule is CC(C)COc1ccc(C(=O)N2CCN(C(=O)NC(C)C)CC2)cc1. The maximum absolute atomic E-state index is 12.6. The third-order valence-electron chi connectivity index (χ3n) is 3.95. The van der Waals surface area contributed by atoms with Crippen LogP contribution in [0.4, 0.5) is 4.79 Å². The molecule has 0 aliphatic carbocycles. The van der Waals surface area contributed by atoms with Crippen LogP contribution < -0.4 is 10.1 Å². The second kappa shape index (κ2) is 8.74. The maximum Gasteiger partial charge on any atom is 0.317 e. The molecule has 2 rings (SSSR count). The van der Waals surface area contributed by atoms with Crippen molar-refractivity contribution in [2.24, 2.45) is 5.92 Å². The Balaban J connectivity index is 1.86. The fourth-order valence-corrected chi connectivity index (χ4v) is 2.59. The van der Waals surface area contributed by atoms with Gasteiger partial charge in [-0.25, -0.2) is 4.79 Å². The zero-order valence-corrected chi connectivity index (χ0v) is 15.6. The van der Waals surface area contributed by atoms with Crippen molar-refractivity contribution < 1.29 is 14.3 Å². The van der Waals surface area contributed by atoms with Crippen LogP contribution in [0.2, 0.25) is 0 Å². The van der Waals surface area contributed by atoms with Gasteiger partial charge in [0.05, 0.1) is 6.61 Å². The molecule has 0 saturated carbocycles. The van der Waals surface area contributed by atoms with E-state index in [4.69, 9.17) is 4.74 Å². The Bertz CT molecular complexity index is 576. The number of amides is 3. The molecular weight excluding hydrogens is 318 g/mol. The van der Waals surface area contributed by atoms with Gasteiger partial charge in [-0.15, -0.1) is 0 Å². The van der Waals surface area contributed by atoms with Crippen molar-refractivity contribution in [1.82, 2.24) is 15.1 Å². The first-order valence-electron chi connectivity index (χ1n) is 8.94. The summed E-state index contributed by atoms with van der Waals surface area (Å²) in [6, 6.07) is 7.33. The molecule has 0 atom stereocenters. The van der Waals surface area contributed by atoms with Crippen LogP contribution in [-0.2, 0) is 0 Å². The Hall–Kier alpha value is -2.24. The van der Waals surface area contributed by atoms with E-state index >= 15 is 0 Å². The van der Waals surface area contributed by atoms with Crippen LogP contribution in [0.15, 0.2) is 24.3 Å². The van der Waals surface area contributed by atoms with E-state index in [2.05, 4.69) is 19.2 Å². The number of carbonyl (C=O) groups excluding carboxylic acids is 2. The predicted molar refractivity (Wildman–Crippen MR) is 97.9 cm³/mol. The summed E-state index contributed by atoms with van der Waals surface area (Å²) in [7, 11) is 0. The van der Waals surface area contributed by atoms with E-state index in [1.54, 1.807) is 21.9 Å². The molecule has 6 heteroatoms. The molecule has 1 aromatic rings. The lowest BCUT2D eigenvalue weighted by Gasteiger charge is -2.35. The predicted octanol–water partition coefficient (Wildman–Crippen LogP) is 2.60. The van der Waals surface area contributed by atoms with Crippen LogP contribution >= 0.6 is 0 Å². The summed E-state index contributed by atoms with van der Waals surface area (Å²) in [6.07, 6.45) is 0. The highest BCUT2D eigenvalue weighted by Gasteiger charge is 2.25. The number of hydrogen-bond donors (Lipinski definition) is 1. The number of carbonyl (C=O) groups is 2. The monoisotopic (exact) mass is 347 g/mol. The van der Waals surface area contributed by atoms with E-state index in [0.29, 0.717) is 44.3 Å². The van der Waals surface area contributed by atoms with E-state index in [-0.39, 0.29) is 18.0 Å². The first-order chi connectivity index (χ1) is 11.9. The molecule has 1 saturated heterocycles. The highest BCUT2D eigenvalue weighted by atomic mass is 16.5. The van der Waals surface area contributed by atoms with Crippen LogP contribution in [0.25, 0.3) is 0 Å². The van der Waals surface area contributed by atoms with Gasteiger partial charge in [0.15, 0.2) is 0 Å². The van der Waals surface area contributed by atoms with Gasteiger partial charge >= 0.3 is 6.03 Å². The zero-order valence-electron chi connectivity index (χ0n) is 15.6. The first kappa shape index (κ1) is 19.1. The molecule has 1 N–H and O–H groups in total. The number of rotatable bonds is 5. The number of nitrogens with zero attached hydrogens (tertiary/aromatic N) is 2. The van der Waals surface area contributed by atoms with E-state index in [1.807, 2.05) is 26.0 Å². The number of ether oxygens (including phenoxy) is 1. The minimum atomic E-state index is -0.0613. The Morgan fingerprint density at radius 1 is 1.00 bits per heavy atom. The molecular formula is C19H29N3O3. The van der Waals surface area contributed by atoms with Gasteiger partial charge in [0, 0.05) is 37.8 Å². The van der Waals surface area contributed by atoms with Gasteiger partial charge in [0.2, 0.25) is 0 Å². The van der Waals surface area contributed by atoms with Gasteiger partial charge in [-0.1, -0.05) is 13.8 Å². The Morgan fingerprint density at radius 3 is 2.08 bits per heavy atom. The van der Waals surface area contributed by atoms with Crippen molar-refractivity contribution in [2.45, 2.75) is 33.7 Å². The quantitative estimate of drug-likeness (QED) is 0.890. The third-order valence-corrected chi connectivity index (χ3v) is 3.95. The zero-order chi connectivity index (χ0) is 18.4. The summed E-state index contributed by atoms with van der Waals surface area (Å²) in [6.45, 7) is 10.9. The van der Waals surface area contributed by atoms with Gasteiger partial charge in [0.1, 0.15) is 5.75 Å². The van der Waals surface area contributed by atoms with Crippen LogP contribution in [0.1, 0.15) is 38.1 Å². The molecule has 0 aromatic heterocycles. The summed E-state index contributed by atoms with van der Waals surface area (Å²) < 4.78 is 5.64. The van der Waals surface area contributed by atoms with Gasteiger partial charge in [0.25, 0.3) is 5.91 Å². The molecule has 1 aliphatic heterocycles. The number of nitrogens with one attached hydrogen (secondary N) is 1. The summed E-state index contributed by atoms with van der Waals surface area (Å²) in [4.78, 5) is 28.1. The molecule has 0 radical (unpaired) electrons. The van der Waals surface area contributed by atoms with Crippen LogP contribution in [0.5, 0.6) is 5.75 Å².